The standard InChI is InChI=1S/C23H25N5O2/c1-16(2)28-14-12-21(26-28)22(29)27-13-11-19-17(15-27)7-6-10-20(19)25-23(30)24-18-8-4-3-5-9-18/h3-10,12,14,16H,11,13,15H2,1-2H3,(H2,24,25,30). The SMILES string of the molecule is CC(C)n1ccc(C(=O)N2CCc3c(cccc3NC(=O)Nc3ccccc3)C2)n1. The Bertz CT molecular complexity index is 1060. The summed E-state index contributed by atoms with van der Waals surface area (Å²) >= 11 is 0. The summed E-state index contributed by atoms with van der Waals surface area (Å²) < 4.78 is 1.79. The van der Waals surface area contributed by atoms with E-state index < -0.39 is 0 Å². The lowest BCUT2D eigenvalue weighted by Gasteiger charge is -2.29. The van der Waals surface area contributed by atoms with E-state index in [-0.39, 0.29) is 18.0 Å². The van der Waals surface area contributed by atoms with Gasteiger partial charge in [-0.3, -0.25) is 9.48 Å². The smallest absolute Gasteiger partial charge is 0.323 e. The summed E-state index contributed by atoms with van der Waals surface area (Å²) in [5.74, 6) is -0.0692. The molecule has 1 aliphatic rings. The molecule has 7 nitrogen and oxygen atoms in total. The maximum atomic E-state index is 12.9. The predicted octanol–water partition coefficient (Wildman–Crippen LogP) is 4.31. The second kappa shape index (κ2) is 8.41. The quantitative estimate of drug-likeness (QED) is 0.681. The molecular weight excluding hydrogens is 378 g/mol. The Morgan fingerprint density at radius 1 is 1.00 bits per heavy atom. The Morgan fingerprint density at radius 3 is 2.53 bits per heavy atom. The minimum absolute atomic E-state index is 0.0692. The highest BCUT2D eigenvalue weighted by molar-refractivity contribution is 6.00. The minimum Gasteiger partial charge on any atom is -0.333 e. The molecule has 1 aliphatic heterocycles. The van der Waals surface area contributed by atoms with Crippen LogP contribution in [0, 0.1) is 0 Å². The van der Waals surface area contributed by atoms with Crippen LogP contribution in [0.5, 0.6) is 0 Å². The normalized spacial score (nSPS) is 13.1. The molecule has 2 aromatic carbocycles. The number of rotatable bonds is 4. The fourth-order valence-corrected chi connectivity index (χ4v) is 3.61. The zero-order valence-corrected chi connectivity index (χ0v) is 17.1. The number of urea groups is 1. The first-order valence-electron chi connectivity index (χ1n) is 10.1. The van der Waals surface area contributed by atoms with Gasteiger partial charge in [0.15, 0.2) is 0 Å². The second-order valence-corrected chi connectivity index (χ2v) is 7.64. The zero-order valence-electron chi connectivity index (χ0n) is 17.1. The molecule has 0 bridgehead atoms. The molecule has 154 valence electrons. The number of nitrogens with one attached hydrogen (secondary N) is 2. The highest BCUT2D eigenvalue weighted by atomic mass is 16.2. The van der Waals surface area contributed by atoms with E-state index >= 15 is 0 Å². The number of amides is 3. The van der Waals surface area contributed by atoms with Crippen LogP contribution >= 0.6 is 0 Å². The molecule has 0 saturated carbocycles. The molecule has 7 heteroatoms. The summed E-state index contributed by atoms with van der Waals surface area (Å²) in [5.41, 5.74) is 4.08. The number of fused-ring (bicyclic) bond motifs is 1. The van der Waals surface area contributed by atoms with Gasteiger partial charge in [0.05, 0.1) is 0 Å². The number of anilines is 2. The summed E-state index contributed by atoms with van der Waals surface area (Å²) in [7, 11) is 0. The molecule has 0 aliphatic carbocycles. The van der Waals surface area contributed by atoms with Gasteiger partial charge in [-0.05, 0) is 55.7 Å². The maximum absolute atomic E-state index is 12.9. The fraction of sp³-hybridized carbons (Fsp3) is 0.261. The van der Waals surface area contributed by atoms with Crippen molar-refractivity contribution < 1.29 is 9.59 Å². The summed E-state index contributed by atoms with van der Waals surface area (Å²) in [5, 5.41) is 10.2. The number of carbonyl (C=O) groups excluding carboxylic acids is 2. The molecule has 0 fully saturated rings. The van der Waals surface area contributed by atoms with Crippen LogP contribution < -0.4 is 10.6 Å². The van der Waals surface area contributed by atoms with Gasteiger partial charge in [0.25, 0.3) is 5.91 Å². The number of nitrogens with zero attached hydrogens (tertiary/aromatic N) is 3. The monoisotopic (exact) mass is 403 g/mol. The fourth-order valence-electron chi connectivity index (χ4n) is 3.61. The number of carbonyl (C=O) groups is 2. The van der Waals surface area contributed by atoms with Crippen molar-refractivity contribution in [3.63, 3.8) is 0 Å². The second-order valence-electron chi connectivity index (χ2n) is 7.64. The molecular formula is C23H25N5O2. The molecule has 0 atom stereocenters. The van der Waals surface area contributed by atoms with Crippen LogP contribution in [-0.4, -0.2) is 33.2 Å². The molecule has 0 unspecified atom stereocenters. The van der Waals surface area contributed by atoms with Crippen molar-refractivity contribution in [2.75, 3.05) is 17.2 Å². The highest BCUT2D eigenvalue weighted by Crippen LogP contribution is 2.27. The molecule has 0 saturated heterocycles. The van der Waals surface area contributed by atoms with Gasteiger partial charge in [-0.15, -0.1) is 0 Å². The Labute approximate surface area is 175 Å². The van der Waals surface area contributed by atoms with Crippen LogP contribution in [0.25, 0.3) is 0 Å². The van der Waals surface area contributed by atoms with Crippen molar-refractivity contribution in [2.45, 2.75) is 32.9 Å². The Morgan fingerprint density at radius 2 is 1.80 bits per heavy atom. The zero-order chi connectivity index (χ0) is 21.1. The van der Waals surface area contributed by atoms with Crippen LogP contribution in [0.1, 0.15) is 41.5 Å². The summed E-state index contributed by atoms with van der Waals surface area (Å²) in [6, 6.07) is 16.8. The number of hydrogen-bond donors (Lipinski definition) is 2. The van der Waals surface area contributed by atoms with E-state index in [1.54, 1.807) is 10.7 Å². The molecule has 3 amide bonds. The average molecular weight is 403 g/mol. The Kier molecular flexibility index (Phi) is 5.52. The highest BCUT2D eigenvalue weighted by Gasteiger charge is 2.25. The first-order chi connectivity index (χ1) is 14.5. The third-order valence-electron chi connectivity index (χ3n) is 5.19. The first kappa shape index (κ1) is 19.7. The molecule has 30 heavy (non-hydrogen) atoms. The molecule has 3 aromatic rings. The third kappa shape index (κ3) is 4.20. The number of para-hydroxylation sites is 1. The van der Waals surface area contributed by atoms with Crippen LogP contribution in [0.2, 0.25) is 0 Å². The van der Waals surface area contributed by atoms with E-state index in [2.05, 4.69) is 15.7 Å². The lowest BCUT2D eigenvalue weighted by Crippen LogP contribution is -2.36. The van der Waals surface area contributed by atoms with Gasteiger partial charge in [-0.1, -0.05) is 30.3 Å². The largest absolute Gasteiger partial charge is 0.333 e. The van der Waals surface area contributed by atoms with Gasteiger partial charge in [-0.25, -0.2) is 4.79 Å². The topological polar surface area (TPSA) is 79.3 Å². The molecule has 0 radical (unpaired) electrons. The van der Waals surface area contributed by atoms with E-state index in [0.29, 0.717) is 25.2 Å². The average Bonchev–Trinajstić information content (AvgIpc) is 3.24. The Balaban J connectivity index is 1.46. The van der Waals surface area contributed by atoms with Gasteiger partial charge in [0, 0.05) is 36.7 Å². The van der Waals surface area contributed by atoms with E-state index in [1.807, 2.05) is 73.5 Å². The van der Waals surface area contributed by atoms with Crippen LogP contribution in [0.3, 0.4) is 0 Å². The van der Waals surface area contributed by atoms with Crippen molar-refractivity contribution in [3.05, 3.63) is 77.6 Å². The maximum Gasteiger partial charge on any atom is 0.323 e. The van der Waals surface area contributed by atoms with Gasteiger partial charge < -0.3 is 15.5 Å². The van der Waals surface area contributed by atoms with Crippen molar-refractivity contribution >= 4 is 23.3 Å². The van der Waals surface area contributed by atoms with E-state index in [0.717, 1.165) is 22.5 Å². The number of aromatic nitrogens is 2. The third-order valence-corrected chi connectivity index (χ3v) is 5.19. The number of hydrogen-bond acceptors (Lipinski definition) is 3. The predicted molar refractivity (Wildman–Crippen MR) is 117 cm³/mol. The lowest BCUT2D eigenvalue weighted by molar-refractivity contribution is 0.0727. The molecule has 2 N–H and O–H groups in total. The van der Waals surface area contributed by atoms with Crippen LogP contribution in [-0.2, 0) is 13.0 Å². The molecule has 2 heterocycles. The molecule has 4 rings (SSSR count). The summed E-state index contributed by atoms with van der Waals surface area (Å²) in [6.07, 6.45) is 2.51. The summed E-state index contributed by atoms with van der Waals surface area (Å²) in [6.45, 7) is 5.14. The Hall–Kier alpha value is -3.61. The van der Waals surface area contributed by atoms with Gasteiger partial charge in [-0.2, -0.15) is 5.10 Å². The van der Waals surface area contributed by atoms with Crippen molar-refractivity contribution in [2.24, 2.45) is 0 Å². The van der Waals surface area contributed by atoms with Gasteiger partial charge in [0.2, 0.25) is 0 Å². The molecule has 1 aromatic heterocycles. The van der Waals surface area contributed by atoms with Crippen LogP contribution in [0.15, 0.2) is 60.8 Å². The van der Waals surface area contributed by atoms with Crippen molar-refractivity contribution in [1.29, 1.82) is 0 Å². The minimum atomic E-state index is -0.285. The van der Waals surface area contributed by atoms with E-state index in [1.165, 1.54) is 0 Å². The van der Waals surface area contributed by atoms with Gasteiger partial charge in [0.1, 0.15) is 5.69 Å². The first-order valence-corrected chi connectivity index (χ1v) is 10.1. The molecule has 0 spiro atoms. The van der Waals surface area contributed by atoms with Crippen LogP contribution in [0.4, 0.5) is 16.2 Å². The van der Waals surface area contributed by atoms with Crippen molar-refractivity contribution in [3.8, 4) is 0 Å². The van der Waals surface area contributed by atoms with Crippen molar-refractivity contribution in [1.82, 2.24) is 14.7 Å². The summed E-state index contributed by atoms with van der Waals surface area (Å²) in [4.78, 5) is 27.1. The van der Waals surface area contributed by atoms with Gasteiger partial charge >= 0.3 is 6.03 Å². The lowest BCUT2D eigenvalue weighted by atomic mass is 9.97. The van der Waals surface area contributed by atoms with E-state index in [9.17, 15) is 9.59 Å². The number of benzene rings is 2. The van der Waals surface area contributed by atoms with E-state index in [4.69, 9.17) is 0 Å².